The predicted molar refractivity (Wildman–Crippen MR) is 143 cm³/mol. The second kappa shape index (κ2) is 10.6. The minimum absolute atomic E-state index is 0.0444. The Labute approximate surface area is 228 Å². The third-order valence-corrected chi connectivity index (χ3v) is 8.47. The van der Waals surface area contributed by atoms with Gasteiger partial charge in [-0.1, -0.05) is 48.4 Å². The van der Waals surface area contributed by atoms with Crippen molar-refractivity contribution in [2.24, 2.45) is 5.92 Å². The summed E-state index contributed by atoms with van der Waals surface area (Å²) < 4.78 is 17.0. The topological polar surface area (TPSA) is 121 Å². The summed E-state index contributed by atoms with van der Waals surface area (Å²) in [7, 11) is 3.10. The Bertz CT molecular complexity index is 1170. The number of alkyl carbamates (subject to hydrolysis) is 1. The van der Waals surface area contributed by atoms with Crippen LogP contribution < -0.4 is 10.2 Å². The first-order valence-electron chi connectivity index (χ1n) is 12.8. The van der Waals surface area contributed by atoms with E-state index in [-0.39, 0.29) is 24.7 Å². The number of anilines is 1. The lowest BCUT2D eigenvalue weighted by atomic mass is 9.84. The van der Waals surface area contributed by atoms with Crippen LogP contribution in [0.1, 0.15) is 44.7 Å². The summed E-state index contributed by atoms with van der Waals surface area (Å²) in [5.41, 5.74) is 0.664. The van der Waals surface area contributed by atoms with Crippen LogP contribution in [0.15, 0.2) is 35.9 Å². The van der Waals surface area contributed by atoms with Crippen molar-refractivity contribution in [1.82, 2.24) is 5.32 Å². The van der Waals surface area contributed by atoms with E-state index in [4.69, 9.17) is 25.8 Å². The number of amides is 2. The first-order chi connectivity index (χ1) is 17.8. The van der Waals surface area contributed by atoms with E-state index in [0.717, 1.165) is 16.7 Å². The molecule has 1 unspecified atom stereocenters. The van der Waals surface area contributed by atoms with Gasteiger partial charge in [0.15, 0.2) is 5.72 Å². The summed E-state index contributed by atoms with van der Waals surface area (Å²) in [5, 5.41) is 25.4. The average molecular weight is 549 g/mol. The van der Waals surface area contributed by atoms with E-state index in [0.29, 0.717) is 17.1 Å². The van der Waals surface area contributed by atoms with Gasteiger partial charge in [-0.3, -0.25) is 10.1 Å². The molecule has 9 nitrogen and oxygen atoms in total. The number of nitrogens with zero attached hydrogens (tertiary/aromatic N) is 1. The SMILES string of the molecule is CO[C@@H]1/C=C/C=C(\C)Cc2cc(C)c(Cl)c(c2)N(C)C(=O)C[C@H](O)[C@]2(C)OC2[C@H](C)[C@@H]2C[C@]1(O)NC(=O)O2. The molecule has 7 atom stereocenters. The quantitative estimate of drug-likeness (QED) is 0.460. The molecule has 38 heavy (non-hydrogen) atoms. The Hall–Kier alpha value is -2.43. The summed E-state index contributed by atoms with van der Waals surface area (Å²) in [4.78, 5) is 27.1. The van der Waals surface area contributed by atoms with Crippen molar-refractivity contribution in [3.05, 3.63) is 52.1 Å². The molecule has 0 radical (unpaired) electrons. The number of hydrogen-bond donors (Lipinski definition) is 3. The Morgan fingerprint density at radius 2 is 1.97 bits per heavy atom. The number of rotatable bonds is 1. The Morgan fingerprint density at radius 1 is 1.26 bits per heavy atom. The minimum Gasteiger partial charge on any atom is -0.446 e. The first-order valence-corrected chi connectivity index (χ1v) is 13.2. The summed E-state index contributed by atoms with van der Waals surface area (Å²) in [5.74, 6) is -0.683. The lowest BCUT2D eigenvalue weighted by molar-refractivity contribution is -0.142. The number of epoxide rings is 1. The molecule has 0 saturated carbocycles. The zero-order chi connectivity index (χ0) is 28.0. The van der Waals surface area contributed by atoms with Crippen LogP contribution >= 0.6 is 11.6 Å². The highest BCUT2D eigenvalue weighted by Gasteiger charge is 2.62. The molecule has 10 heteroatoms. The van der Waals surface area contributed by atoms with Crippen LogP contribution in [-0.2, 0) is 25.4 Å². The number of hydrogen-bond acceptors (Lipinski definition) is 7. The van der Waals surface area contributed by atoms with Gasteiger partial charge in [0.2, 0.25) is 5.91 Å². The highest BCUT2D eigenvalue weighted by Crippen LogP contribution is 2.48. The first kappa shape index (κ1) is 28.6. The van der Waals surface area contributed by atoms with Gasteiger partial charge in [-0.05, 0) is 44.4 Å². The highest BCUT2D eigenvalue weighted by atomic mass is 35.5. The van der Waals surface area contributed by atoms with Gasteiger partial charge in [-0.15, -0.1) is 0 Å². The fourth-order valence-electron chi connectivity index (χ4n) is 5.50. The lowest BCUT2D eigenvalue weighted by Gasteiger charge is -2.42. The Balaban J connectivity index is 1.73. The second-order valence-corrected chi connectivity index (χ2v) is 11.3. The molecule has 3 N–H and O–H groups in total. The summed E-state index contributed by atoms with van der Waals surface area (Å²) in [6, 6.07) is 3.86. The number of fused-ring (bicyclic) bond motifs is 5. The van der Waals surface area contributed by atoms with Crippen LogP contribution in [0.4, 0.5) is 10.5 Å². The molecule has 1 aromatic rings. The summed E-state index contributed by atoms with van der Waals surface area (Å²) in [6.45, 7) is 7.43. The maximum atomic E-state index is 13.2. The van der Waals surface area contributed by atoms with Crippen molar-refractivity contribution in [2.45, 2.75) is 82.7 Å². The standard InChI is InChI=1S/C28H37ClN2O7/c1-15-8-7-9-22(36-6)28(35)14-20(37-26(34)30-28)17(3)25-27(4,38-25)21(32)13-23(33)31(5)19-12-18(10-15)11-16(2)24(19)29/h7-9,11-12,17,20-22,25,32,35H,10,13-14H2,1-6H3,(H,30,34)/b9-7+,15-8+/t17-,20+,21+,22-,25?,27+,28-/m1/s1. The molecule has 3 heterocycles. The molecule has 3 aliphatic heterocycles. The number of carbonyl (C=O) groups excluding carboxylic acids is 2. The van der Waals surface area contributed by atoms with Crippen molar-refractivity contribution in [3.63, 3.8) is 0 Å². The van der Waals surface area contributed by atoms with Crippen LogP contribution in [0.5, 0.6) is 0 Å². The zero-order valence-electron chi connectivity index (χ0n) is 22.7. The number of aliphatic hydroxyl groups excluding tert-OH is 1. The van der Waals surface area contributed by atoms with Crippen molar-refractivity contribution in [3.8, 4) is 0 Å². The fraction of sp³-hybridized carbons (Fsp3) is 0.571. The summed E-state index contributed by atoms with van der Waals surface area (Å²) in [6.07, 6.45) is 1.93. The molecular formula is C28H37ClN2O7. The normalized spacial score (nSPS) is 38.4. The van der Waals surface area contributed by atoms with Crippen LogP contribution in [-0.4, -0.2) is 72.1 Å². The van der Waals surface area contributed by atoms with E-state index in [1.807, 2.05) is 39.0 Å². The number of carbonyl (C=O) groups is 2. The van der Waals surface area contributed by atoms with Gasteiger partial charge in [0.25, 0.3) is 0 Å². The molecule has 4 bridgehead atoms. The van der Waals surface area contributed by atoms with Gasteiger partial charge in [-0.2, -0.15) is 0 Å². The van der Waals surface area contributed by atoms with Crippen LogP contribution in [0.2, 0.25) is 5.02 Å². The number of halogens is 1. The maximum absolute atomic E-state index is 13.2. The van der Waals surface area contributed by atoms with Crippen molar-refractivity contribution in [2.75, 3.05) is 19.1 Å². The van der Waals surface area contributed by atoms with Gasteiger partial charge in [0.05, 0.1) is 29.3 Å². The maximum Gasteiger partial charge on any atom is 0.409 e. The van der Waals surface area contributed by atoms with Gasteiger partial charge >= 0.3 is 6.09 Å². The number of benzene rings is 1. The lowest BCUT2D eigenvalue weighted by Crippen LogP contribution is -2.63. The van der Waals surface area contributed by atoms with E-state index < -0.39 is 41.8 Å². The number of nitrogens with one attached hydrogen (secondary N) is 1. The number of methoxy groups -OCH3 is 1. The van der Waals surface area contributed by atoms with Gasteiger partial charge in [0, 0.05) is 26.5 Å². The molecule has 0 aromatic heterocycles. The monoisotopic (exact) mass is 548 g/mol. The van der Waals surface area contributed by atoms with E-state index in [1.165, 1.54) is 12.0 Å². The van der Waals surface area contributed by atoms with Gasteiger partial charge < -0.3 is 29.3 Å². The molecule has 3 aliphatic rings. The van der Waals surface area contributed by atoms with Crippen LogP contribution in [0, 0.1) is 12.8 Å². The fourth-order valence-corrected chi connectivity index (χ4v) is 5.74. The van der Waals surface area contributed by atoms with E-state index >= 15 is 0 Å². The molecule has 0 spiro atoms. The number of aliphatic hydroxyl groups is 2. The van der Waals surface area contributed by atoms with Crippen molar-refractivity contribution in [1.29, 1.82) is 0 Å². The zero-order valence-corrected chi connectivity index (χ0v) is 23.4. The number of ether oxygens (including phenoxy) is 3. The Kier molecular flexibility index (Phi) is 7.99. The average Bonchev–Trinajstić information content (AvgIpc) is 3.54. The van der Waals surface area contributed by atoms with Crippen LogP contribution in [0.3, 0.4) is 0 Å². The molecule has 2 amide bonds. The summed E-state index contributed by atoms with van der Waals surface area (Å²) >= 11 is 6.59. The third-order valence-electron chi connectivity index (χ3n) is 7.98. The molecule has 0 aliphatic carbocycles. The number of allylic oxidation sites excluding steroid dienone is 3. The second-order valence-electron chi connectivity index (χ2n) is 10.9. The molecule has 1 aromatic carbocycles. The minimum atomic E-state index is -1.71. The Morgan fingerprint density at radius 3 is 2.66 bits per heavy atom. The molecular weight excluding hydrogens is 512 g/mol. The van der Waals surface area contributed by atoms with Crippen molar-refractivity contribution < 1.29 is 34.0 Å². The predicted octanol–water partition coefficient (Wildman–Crippen LogP) is 3.42. The van der Waals surface area contributed by atoms with Crippen molar-refractivity contribution >= 4 is 29.3 Å². The smallest absolute Gasteiger partial charge is 0.409 e. The van der Waals surface area contributed by atoms with Crippen LogP contribution in [0.25, 0.3) is 0 Å². The van der Waals surface area contributed by atoms with Gasteiger partial charge in [-0.25, -0.2) is 4.79 Å². The molecule has 2 saturated heterocycles. The van der Waals surface area contributed by atoms with E-state index in [2.05, 4.69) is 5.32 Å². The molecule has 4 rings (SSSR count). The van der Waals surface area contributed by atoms with E-state index in [1.54, 1.807) is 26.1 Å². The molecule has 208 valence electrons. The third kappa shape index (κ3) is 5.49. The highest BCUT2D eigenvalue weighted by molar-refractivity contribution is 6.34. The number of aryl methyl sites for hydroxylation is 1. The van der Waals surface area contributed by atoms with Gasteiger partial charge in [0.1, 0.15) is 17.8 Å². The largest absolute Gasteiger partial charge is 0.446 e. The molecule has 2 fully saturated rings. The van der Waals surface area contributed by atoms with E-state index in [9.17, 15) is 19.8 Å².